The fourth-order valence-electron chi connectivity index (χ4n) is 0.434. The lowest BCUT2D eigenvalue weighted by Crippen LogP contribution is -2.37. The normalized spacial score (nSPS) is 10.8. The number of nitrogens with zero attached hydrogens (tertiary/aromatic N) is 1. The van der Waals surface area contributed by atoms with E-state index in [4.69, 9.17) is 24.8 Å². The molecule has 0 aliphatic heterocycles. The van der Waals surface area contributed by atoms with Gasteiger partial charge < -0.3 is 29.3 Å². The number of hydrogen-bond donors (Lipinski definition) is 3. The van der Waals surface area contributed by atoms with E-state index in [0.717, 1.165) is 0 Å². The second-order valence-electron chi connectivity index (χ2n) is 3.60. The predicted molar refractivity (Wildman–Crippen MR) is 56.2 cm³/mol. The first-order chi connectivity index (χ1) is 6.44. The number of rotatable bonds is 4. The van der Waals surface area contributed by atoms with Crippen molar-refractivity contribution in [3.8, 4) is 0 Å². The van der Waals surface area contributed by atoms with Crippen molar-refractivity contribution in [1.82, 2.24) is 0 Å². The number of likely N-dealkylation sites (N-methyl/N-ethyl adjacent to an activating group) is 1. The van der Waals surface area contributed by atoms with Gasteiger partial charge in [-0.2, -0.15) is 0 Å². The summed E-state index contributed by atoms with van der Waals surface area (Å²) in [6, 6.07) is 0. The van der Waals surface area contributed by atoms with Crippen LogP contribution in [0, 0.1) is 0 Å². The van der Waals surface area contributed by atoms with Crippen LogP contribution in [0.25, 0.3) is 0 Å². The molecule has 8 nitrogen and oxygen atoms in total. The summed E-state index contributed by atoms with van der Waals surface area (Å²) in [6.45, 7) is 0.652. The molecular formula is C6H17ClNO7P. The first-order valence-corrected chi connectivity index (χ1v) is 5.37. The summed E-state index contributed by atoms with van der Waals surface area (Å²) in [5.74, 6) is 0. The van der Waals surface area contributed by atoms with Crippen molar-refractivity contribution in [2.75, 3.05) is 34.3 Å². The lowest BCUT2D eigenvalue weighted by atomic mass is 10.5. The average Bonchev–Trinajstić information content (AvgIpc) is 1.77. The Labute approximate surface area is 99.7 Å². The molecule has 0 unspecified atom stereocenters. The number of halogens is 1. The molecule has 16 heavy (non-hydrogen) atoms. The second kappa shape index (κ2) is 8.74. The molecule has 0 aromatic heterocycles. The molecule has 0 bridgehead atoms. The van der Waals surface area contributed by atoms with Crippen LogP contribution in [-0.4, -0.2) is 59.8 Å². The minimum absolute atomic E-state index is 0. The van der Waals surface area contributed by atoms with Crippen LogP contribution in [0.1, 0.15) is 0 Å². The second-order valence-corrected chi connectivity index (χ2v) is 4.84. The molecule has 0 heterocycles. The molecule has 3 N–H and O–H groups in total. The van der Waals surface area contributed by atoms with Gasteiger partial charge in [-0.25, -0.2) is 4.57 Å². The lowest BCUT2D eigenvalue weighted by Gasteiger charge is -2.23. The van der Waals surface area contributed by atoms with Gasteiger partial charge in [-0.1, -0.05) is 0 Å². The van der Waals surface area contributed by atoms with E-state index in [-0.39, 0.29) is 19.0 Å². The van der Waals surface area contributed by atoms with E-state index < -0.39 is 14.0 Å². The number of quaternary nitrogens is 1. The first-order valence-electron chi connectivity index (χ1n) is 3.84. The topological polar surface area (TPSA) is 127 Å². The zero-order valence-corrected chi connectivity index (χ0v) is 10.9. The molecule has 0 fully saturated rings. The van der Waals surface area contributed by atoms with Crippen molar-refractivity contribution in [1.29, 1.82) is 0 Å². The SMILES string of the molecule is C[N+](C)(C)CCOP(=O)(O)O.Cl.O=C([O-])O. The van der Waals surface area contributed by atoms with Crippen LogP contribution in [0.15, 0.2) is 0 Å². The minimum atomic E-state index is -4.26. The number of phosphoric ester groups is 1. The van der Waals surface area contributed by atoms with Gasteiger partial charge in [0.25, 0.3) is 0 Å². The Hall–Kier alpha value is -0.370. The van der Waals surface area contributed by atoms with Crippen molar-refractivity contribution < 1.29 is 38.4 Å². The summed E-state index contributed by atoms with van der Waals surface area (Å²) in [7, 11) is 1.50. The highest BCUT2D eigenvalue weighted by Crippen LogP contribution is 2.35. The molecule has 0 aliphatic carbocycles. The van der Waals surface area contributed by atoms with Gasteiger partial charge >= 0.3 is 7.82 Å². The molecule has 0 rings (SSSR count). The summed E-state index contributed by atoms with van der Waals surface area (Å²) in [4.78, 5) is 25.0. The third-order valence-corrected chi connectivity index (χ3v) is 1.54. The molecule has 0 saturated carbocycles. The van der Waals surface area contributed by atoms with E-state index in [1.54, 1.807) is 0 Å². The number of carbonyl (C=O) groups is 1. The Balaban J connectivity index is -0.000000292. The van der Waals surface area contributed by atoms with E-state index in [2.05, 4.69) is 4.52 Å². The van der Waals surface area contributed by atoms with Crippen LogP contribution < -0.4 is 5.11 Å². The van der Waals surface area contributed by atoms with E-state index in [1.807, 2.05) is 21.1 Å². The molecule has 0 amide bonds. The molecule has 0 spiro atoms. The van der Waals surface area contributed by atoms with Crippen LogP contribution in [0.4, 0.5) is 4.79 Å². The van der Waals surface area contributed by atoms with Gasteiger partial charge in [-0.3, -0.25) is 4.52 Å². The highest BCUT2D eigenvalue weighted by Gasteiger charge is 2.15. The molecule has 100 valence electrons. The van der Waals surface area contributed by atoms with E-state index in [1.165, 1.54) is 0 Å². The number of carboxylic acid groups (broad SMARTS) is 2. The number of phosphoric acid groups is 1. The lowest BCUT2D eigenvalue weighted by molar-refractivity contribution is -0.870. The van der Waals surface area contributed by atoms with Gasteiger partial charge in [-0.15, -0.1) is 12.4 Å². The number of hydrogen-bond acceptors (Lipinski definition) is 4. The molecule has 0 aromatic carbocycles. The highest BCUT2D eigenvalue weighted by atomic mass is 35.5. The van der Waals surface area contributed by atoms with E-state index >= 15 is 0 Å². The quantitative estimate of drug-likeness (QED) is 0.450. The van der Waals surface area contributed by atoms with E-state index in [9.17, 15) is 4.57 Å². The third-order valence-electron chi connectivity index (χ3n) is 1.02. The zero-order valence-electron chi connectivity index (χ0n) is 9.19. The summed E-state index contributed by atoms with van der Waals surface area (Å²) in [6.07, 6.45) is -2.08. The molecule has 0 aromatic rings. The first kappa shape index (κ1) is 21.0. The summed E-state index contributed by atoms with van der Waals surface area (Å²) in [5.41, 5.74) is 0. The van der Waals surface area contributed by atoms with Crippen LogP contribution in [0.5, 0.6) is 0 Å². The molecular weight excluding hydrogens is 264 g/mol. The maximum Gasteiger partial charge on any atom is 0.469 e. The van der Waals surface area contributed by atoms with Gasteiger partial charge in [0, 0.05) is 0 Å². The Kier molecular flexibility index (Phi) is 11.5. The van der Waals surface area contributed by atoms with Crippen molar-refractivity contribution in [2.24, 2.45) is 0 Å². The van der Waals surface area contributed by atoms with Crippen LogP contribution in [-0.2, 0) is 9.09 Å². The average molecular weight is 282 g/mol. The monoisotopic (exact) mass is 281 g/mol. The smallest absolute Gasteiger partial charge is 0.469 e. The fourth-order valence-corrected chi connectivity index (χ4v) is 0.753. The van der Waals surface area contributed by atoms with Crippen LogP contribution in [0.2, 0.25) is 0 Å². The highest BCUT2D eigenvalue weighted by molar-refractivity contribution is 7.46. The Bertz CT molecular complexity index is 232. The van der Waals surface area contributed by atoms with Gasteiger partial charge in [0.15, 0.2) is 0 Å². The molecule has 0 saturated heterocycles. The van der Waals surface area contributed by atoms with E-state index in [0.29, 0.717) is 11.0 Å². The maximum atomic E-state index is 10.2. The summed E-state index contributed by atoms with van der Waals surface area (Å²) in [5, 5.41) is 15.3. The van der Waals surface area contributed by atoms with Gasteiger partial charge in [0.05, 0.1) is 21.1 Å². The van der Waals surface area contributed by atoms with Crippen molar-refractivity contribution in [3.63, 3.8) is 0 Å². The fraction of sp³-hybridized carbons (Fsp3) is 0.833. The molecule has 0 atom stereocenters. The summed E-state index contributed by atoms with van der Waals surface area (Å²) < 4.78 is 15.1. The maximum absolute atomic E-state index is 10.2. The Morgan fingerprint density at radius 2 is 1.69 bits per heavy atom. The molecule has 10 heteroatoms. The zero-order chi connectivity index (χ0) is 12.7. The van der Waals surface area contributed by atoms with Gasteiger partial charge in [0.2, 0.25) is 6.16 Å². The van der Waals surface area contributed by atoms with Crippen molar-refractivity contribution >= 4 is 26.4 Å². The largest absolute Gasteiger partial charge is 0.565 e. The third kappa shape index (κ3) is 37.3. The Morgan fingerprint density at radius 1 is 1.38 bits per heavy atom. The van der Waals surface area contributed by atoms with Gasteiger partial charge in [0.1, 0.15) is 13.2 Å². The van der Waals surface area contributed by atoms with Gasteiger partial charge in [-0.05, 0) is 0 Å². The predicted octanol–water partition coefficient (Wildman–Crippen LogP) is -0.889. The minimum Gasteiger partial charge on any atom is -0.565 e. The molecule has 0 aliphatic rings. The van der Waals surface area contributed by atoms with Crippen LogP contribution >= 0.6 is 20.2 Å². The summed E-state index contributed by atoms with van der Waals surface area (Å²) >= 11 is 0. The van der Waals surface area contributed by atoms with Crippen molar-refractivity contribution in [3.05, 3.63) is 0 Å². The Morgan fingerprint density at radius 3 is 1.88 bits per heavy atom. The standard InChI is InChI=1S/C5H14NO4P.CH2O3.ClH/c1-6(2,3)4-5-10-11(7,8)9;2-1(3)4;/h4-5H2,1-3H3,(H-,7,8,9);(H2,2,3,4);1H. The molecule has 0 radical (unpaired) electrons. The van der Waals surface area contributed by atoms with Crippen molar-refractivity contribution in [2.45, 2.75) is 0 Å². The van der Waals surface area contributed by atoms with Crippen LogP contribution in [0.3, 0.4) is 0 Å².